The van der Waals surface area contributed by atoms with Gasteiger partial charge in [-0.05, 0) is 50.2 Å². The zero-order valence-corrected chi connectivity index (χ0v) is 17.3. The van der Waals surface area contributed by atoms with E-state index in [4.69, 9.17) is 16.3 Å². The lowest BCUT2D eigenvalue weighted by Gasteiger charge is -2.15. The molecule has 0 spiro atoms. The second-order valence-electron chi connectivity index (χ2n) is 7.13. The number of aromatic hydroxyl groups is 1. The van der Waals surface area contributed by atoms with E-state index in [2.05, 4.69) is 25.5 Å². The molecule has 3 N–H and O–H groups in total. The van der Waals surface area contributed by atoms with Crippen LogP contribution < -0.4 is 15.4 Å². The SMILES string of the molecule is Oc1ccc(Cl)c(Nc2cnc(Nc3cccc(OCCN4CCCC4)c3)nc2)c1. The number of halogens is 1. The van der Waals surface area contributed by atoms with Gasteiger partial charge < -0.3 is 20.5 Å². The highest BCUT2D eigenvalue weighted by Crippen LogP contribution is 2.29. The number of hydrogen-bond acceptors (Lipinski definition) is 7. The monoisotopic (exact) mass is 425 g/mol. The molecule has 0 radical (unpaired) electrons. The maximum absolute atomic E-state index is 9.60. The van der Waals surface area contributed by atoms with Crippen LogP contribution in [0.1, 0.15) is 12.8 Å². The van der Waals surface area contributed by atoms with E-state index in [0.29, 0.717) is 29.0 Å². The highest BCUT2D eigenvalue weighted by molar-refractivity contribution is 6.33. The average Bonchev–Trinajstić information content (AvgIpc) is 3.26. The van der Waals surface area contributed by atoms with Crippen molar-refractivity contribution in [3.8, 4) is 11.5 Å². The molecule has 7 nitrogen and oxygen atoms in total. The molecule has 156 valence electrons. The number of nitrogens with one attached hydrogen (secondary N) is 2. The summed E-state index contributed by atoms with van der Waals surface area (Å²) in [4.78, 5) is 11.1. The molecule has 30 heavy (non-hydrogen) atoms. The van der Waals surface area contributed by atoms with E-state index in [1.54, 1.807) is 24.5 Å². The van der Waals surface area contributed by atoms with Crippen LogP contribution in [0.25, 0.3) is 0 Å². The van der Waals surface area contributed by atoms with Crippen molar-refractivity contribution in [3.05, 3.63) is 59.9 Å². The third kappa shape index (κ3) is 5.52. The third-order valence-corrected chi connectivity index (χ3v) is 5.18. The first kappa shape index (κ1) is 20.3. The van der Waals surface area contributed by atoms with Crippen molar-refractivity contribution in [2.45, 2.75) is 12.8 Å². The summed E-state index contributed by atoms with van der Waals surface area (Å²) < 4.78 is 5.89. The van der Waals surface area contributed by atoms with Crippen molar-refractivity contribution in [2.75, 3.05) is 36.9 Å². The van der Waals surface area contributed by atoms with Crippen molar-refractivity contribution < 1.29 is 9.84 Å². The molecule has 2 heterocycles. The van der Waals surface area contributed by atoms with E-state index < -0.39 is 0 Å². The van der Waals surface area contributed by atoms with Gasteiger partial charge in [-0.2, -0.15) is 0 Å². The average molecular weight is 426 g/mol. The van der Waals surface area contributed by atoms with E-state index in [9.17, 15) is 5.11 Å². The molecule has 4 rings (SSSR count). The molecule has 8 heteroatoms. The molecule has 2 aromatic carbocycles. The Morgan fingerprint density at radius 1 is 1.00 bits per heavy atom. The molecule has 0 amide bonds. The smallest absolute Gasteiger partial charge is 0.227 e. The van der Waals surface area contributed by atoms with Crippen LogP contribution in [0, 0.1) is 0 Å². The molecule has 0 bridgehead atoms. The van der Waals surface area contributed by atoms with E-state index in [1.807, 2.05) is 24.3 Å². The number of phenols is 1. The fraction of sp³-hybridized carbons (Fsp3) is 0.273. The maximum Gasteiger partial charge on any atom is 0.227 e. The normalized spacial score (nSPS) is 13.9. The van der Waals surface area contributed by atoms with Gasteiger partial charge in [-0.1, -0.05) is 17.7 Å². The van der Waals surface area contributed by atoms with Gasteiger partial charge in [0.2, 0.25) is 5.95 Å². The molecule has 1 fully saturated rings. The van der Waals surface area contributed by atoms with Crippen LogP contribution in [-0.2, 0) is 0 Å². The van der Waals surface area contributed by atoms with Crippen LogP contribution in [0.4, 0.5) is 23.0 Å². The summed E-state index contributed by atoms with van der Waals surface area (Å²) >= 11 is 6.13. The Bertz CT molecular complexity index is 978. The van der Waals surface area contributed by atoms with Crippen LogP contribution in [0.5, 0.6) is 11.5 Å². The predicted octanol–water partition coefficient (Wildman–Crippen LogP) is 4.80. The first-order valence-electron chi connectivity index (χ1n) is 9.95. The predicted molar refractivity (Wildman–Crippen MR) is 119 cm³/mol. The van der Waals surface area contributed by atoms with E-state index in [-0.39, 0.29) is 5.75 Å². The first-order chi connectivity index (χ1) is 14.7. The van der Waals surface area contributed by atoms with Crippen molar-refractivity contribution in [3.63, 3.8) is 0 Å². The van der Waals surface area contributed by atoms with Crippen LogP contribution >= 0.6 is 11.6 Å². The molecule has 1 aliphatic heterocycles. The van der Waals surface area contributed by atoms with Gasteiger partial charge in [0.1, 0.15) is 18.1 Å². The van der Waals surface area contributed by atoms with Crippen molar-refractivity contribution in [1.82, 2.24) is 14.9 Å². The van der Waals surface area contributed by atoms with Gasteiger partial charge in [0, 0.05) is 24.4 Å². The lowest BCUT2D eigenvalue weighted by Crippen LogP contribution is -2.25. The van der Waals surface area contributed by atoms with Crippen molar-refractivity contribution in [2.24, 2.45) is 0 Å². The Morgan fingerprint density at radius 3 is 2.60 bits per heavy atom. The van der Waals surface area contributed by atoms with Gasteiger partial charge in [0.15, 0.2) is 0 Å². The van der Waals surface area contributed by atoms with Crippen LogP contribution in [-0.4, -0.2) is 46.2 Å². The van der Waals surface area contributed by atoms with Gasteiger partial charge in [0.05, 0.1) is 28.8 Å². The largest absolute Gasteiger partial charge is 0.508 e. The van der Waals surface area contributed by atoms with E-state index in [0.717, 1.165) is 18.0 Å². The fourth-order valence-corrected chi connectivity index (χ4v) is 3.48. The Hall–Kier alpha value is -3.03. The molecule has 0 atom stereocenters. The molecule has 0 saturated carbocycles. The van der Waals surface area contributed by atoms with Crippen molar-refractivity contribution >= 4 is 34.6 Å². The number of hydrogen-bond donors (Lipinski definition) is 3. The number of rotatable bonds is 8. The Morgan fingerprint density at radius 2 is 1.80 bits per heavy atom. The minimum absolute atomic E-state index is 0.128. The fourth-order valence-electron chi connectivity index (χ4n) is 3.31. The maximum atomic E-state index is 9.60. The quantitative estimate of drug-likeness (QED) is 0.478. The number of anilines is 4. The minimum Gasteiger partial charge on any atom is -0.508 e. The molecule has 3 aromatic rings. The number of benzene rings is 2. The number of nitrogens with zero attached hydrogens (tertiary/aromatic N) is 3. The molecule has 1 aromatic heterocycles. The van der Waals surface area contributed by atoms with E-state index >= 15 is 0 Å². The highest BCUT2D eigenvalue weighted by Gasteiger charge is 2.11. The van der Waals surface area contributed by atoms with Crippen LogP contribution in [0.15, 0.2) is 54.9 Å². The Labute approximate surface area is 180 Å². The van der Waals surface area contributed by atoms with E-state index in [1.165, 1.54) is 32.0 Å². The number of phenolic OH excluding ortho intramolecular Hbond substituents is 1. The summed E-state index contributed by atoms with van der Waals surface area (Å²) in [6, 6.07) is 12.5. The number of likely N-dealkylation sites (tertiary alicyclic amines) is 1. The van der Waals surface area contributed by atoms with Gasteiger partial charge in [-0.3, -0.25) is 4.90 Å². The minimum atomic E-state index is 0.128. The Kier molecular flexibility index (Phi) is 6.51. The van der Waals surface area contributed by atoms with Gasteiger partial charge >= 0.3 is 0 Å². The summed E-state index contributed by atoms with van der Waals surface area (Å²) in [5, 5.41) is 16.4. The van der Waals surface area contributed by atoms with Crippen LogP contribution in [0.2, 0.25) is 5.02 Å². The van der Waals surface area contributed by atoms with Crippen LogP contribution in [0.3, 0.4) is 0 Å². The molecule has 0 unspecified atom stereocenters. The second kappa shape index (κ2) is 9.65. The Balaban J connectivity index is 1.33. The highest BCUT2D eigenvalue weighted by atomic mass is 35.5. The molecule has 0 aliphatic carbocycles. The van der Waals surface area contributed by atoms with Gasteiger partial charge in [-0.25, -0.2) is 9.97 Å². The summed E-state index contributed by atoms with van der Waals surface area (Å²) in [6.07, 6.45) is 5.86. The third-order valence-electron chi connectivity index (χ3n) is 4.85. The zero-order chi connectivity index (χ0) is 20.8. The lowest BCUT2D eigenvalue weighted by atomic mass is 10.3. The molecule has 1 aliphatic rings. The summed E-state index contributed by atoms with van der Waals surface area (Å²) in [5.41, 5.74) is 2.09. The molecular weight excluding hydrogens is 402 g/mol. The van der Waals surface area contributed by atoms with Gasteiger partial charge in [0.25, 0.3) is 0 Å². The topological polar surface area (TPSA) is 82.5 Å². The standard InChI is InChI=1S/C22H24ClN5O2/c23-20-7-6-18(29)13-21(20)26-17-14-24-22(25-15-17)27-16-4-3-5-19(12-16)30-11-10-28-8-1-2-9-28/h3-7,12-15,26,29H,1-2,8-11H2,(H,24,25,27). The summed E-state index contributed by atoms with van der Waals surface area (Å²) in [5.74, 6) is 1.41. The van der Waals surface area contributed by atoms with Gasteiger partial charge in [-0.15, -0.1) is 0 Å². The molecular formula is C22H24ClN5O2. The summed E-state index contributed by atoms with van der Waals surface area (Å²) in [7, 11) is 0. The summed E-state index contributed by atoms with van der Waals surface area (Å²) in [6.45, 7) is 3.98. The lowest BCUT2D eigenvalue weighted by molar-refractivity contribution is 0.238. The molecule has 1 saturated heterocycles. The zero-order valence-electron chi connectivity index (χ0n) is 16.5. The number of ether oxygens (including phenoxy) is 1. The second-order valence-corrected chi connectivity index (χ2v) is 7.54. The first-order valence-corrected chi connectivity index (χ1v) is 10.3. The number of aromatic nitrogens is 2. The van der Waals surface area contributed by atoms with Crippen molar-refractivity contribution in [1.29, 1.82) is 0 Å².